The van der Waals surface area contributed by atoms with E-state index in [0.717, 1.165) is 28.9 Å². The summed E-state index contributed by atoms with van der Waals surface area (Å²) in [6.07, 6.45) is 0.920. The Bertz CT molecular complexity index is 818. The number of para-hydroxylation sites is 2. The van der Waals surface area contributed by atoms with Gasteiger partial charge in [0.2, 0.25) is 0 Å². The molecule has 0 aliphatic heterocycles. The molecule has 7 heteroatoms. The first kappa shape index (κ1) is 14.2. The fourth-order valence-corrected chi connectivity index (χ4v) is 4.27. The molecular formula is C14H16N4OS2. The van der Waals surface area contributed by atoms with Crippen molar-refractivity contribution in [2.75, 3.05) is 11.5 Å². The molecule has 0 saturated heterocycles. The van der Waals surface area contributed by atoms with Gasteiger partial charge in [-0.3, -0.25) is 4.57 Å². The first-order chi connectivity index (χ1) is 10.1. The van der Waals surface area contributed by atoms with Crippen molar-refractivity contribution in [2.45, 2.75) is 24.1 Å². The van der Waals surface area contributed by atoms with Gasteiger partial charge in [-0.15, -0.1) is 11.8 Å². The highest BCUT2D eigenvalue weighted by Gasteiger charge is 2.07. The van der Waals surface area contributed by atoms with Crippen LogP contribution in [0.2, 0.25) is 0 Å². The van der Waals surface area contributed by atoms with E-state index in [4.69, 9.17) is 5.73 Å². The number of aromatic amines is 1. The number of aromatic nitrogens is 3. The number of rotatable bonds is 5. The molecule has 2 aromatic heterocycles. The summed E-state index contributed by atoms with van der Waals surface area (Å²) in [6, 6.07) is 7.76. The van der Waals surface area contributed by atoms with Crippen LogP contribution in [0.5, 0.6) is 0 Å². The number of hydrogen-bond donors (Lipinski definition) is 2. The van der Waals surface area contributed by atoms with Crippen LogP contribution in [-0.4, -0.2) is 20.3 Å². The van der Waals surface area contributed by atoms with Crippen LogP contribution in [0.15, 0.2) is 33.3 Å². The number of thiazole rings is 1. The van der Waals surface area contributed by atoms with Crippen LogP contribution in [0.1, 0.15) is 12.1 Å². The Morgan fingerprint density at radius 3 is 3.00 bits per heavy atom. The van der Waals surface area contributed by atoms with Gasteiger partial charge in [0.05, 0.1) is 20.9 Å². The summed E-state index contributed by atoms with van der Waals surface area (Å²) in [6.45, 7) is 2.68. The molecule has 0 spiro atoms. The molecule has 0 unspecified atom stereocenters. The summed E-state index contributed by atoms with van der Waals surface area (Å²) in [5.41, 5.74) is 8.49. The van der Waals surface area contributed by atoms with Crippen LogP contribution in [0.3, 0.4) is 0 Å². The van der Waals surface area contributed by atoms with Gasteiger partial charge in [0, 0.05) is 12.3 Å². The molecule has 2 heterocycles. The van der Waals surface area contributed by atoms with Gasteiger partial charge in [-0.25, -0.2) is 9.78 Å². The largest absolute Gasteiger partial charge is 0.375 e. The van der Waals surface area contributed by atoms with Crippen LogP contribution < -0.4 is 11.4 Å². The number of hydrogen-bond acceptors (Lipinski definition) is 5. The molecule has 0 fully saturated rings. The van der Waals surface area contributed by atoms with Crippen molar-refractivity contribution in [3.8, 4) is 0 Å². The summed E-state index contributed by atoms with van der Waals surface area (Å²) in [5.74, 6) is 0.939. The third-order valence-corrected chi connectivity index (χ3v) is 5.65. The molecule has 0 aliphatic carbocycles. The first-order valence-corrected chi connectivity index (χ1v) is 8.48. The van der Waals surface area contributed by atoms with Crippen molar-refractivity contribution in [3.63, 3.8) is 0 Å². The molecule has 3 rings (SSSR count). The molecule has 0 amide bonds. The van der Waals surface area contributed by atoms with E-state index in [1.165, 1.54) is 15.5 Å². The minimum atomic E-state index is -0.0422. The number of fused-ring (bicyclic) bond motifs is 1. The zero-order valence-corrected chi connectivity index (χ0v) is 13.3. The molecule has 3 N–H and O–H groups in total. The number of anilines is 1. The van der Waals surface area contributed by atoms with E-state index in [0.29, 0.717) is 11.7 Å². The second-order valence-corrected chi connectivity index (χ2v) is 7.12. The smallest absolute Gasteiger partial charge is 0.326 e. The summed E-state index contributed by atoms with van der Waals surface area (Å²) in [7, 11) is 0. The third kappa shape index (κ3) is 2.98. The van der Waals surface area contributed by atoms with Crippen LogP contribution in [0.4, 0.5) is 5.13 Å². The van der Waals surface area contributed by atoms with Gasteiger partial charge >= 0.3 is 5.69 Å². The number of imidazole rings is 1. The Balaban J connectivity index is 1.63. The molecule has 0 aliphatic rings. The zero-order chi connectivity index (χ0) is 14.8. The van der Waals surface area contributed by atoms with Gasteiger partial charge in [0.1, 0.15) is 0 Å². The fourth-order valence-electron chi connectivity index (χ4n) is 2.25. The van der Waals surface area contributed by atoms with E-state index >= 15 is 0 Å². The van der Waals surface area contributed by atoms with E-state index in [9.17, 15) is 4.79 Å². The third-order valence-electron chi connectivity index (χ3n) is 3.21. The number of nitrogens with zero attached hydrogens (tertiary/aromatic N) is 2. The lowest BCUT2D eigenvalue weighted by Crippen LogP contribution is -2.17. The average molecular weight is 320 g/mol. The summed E-state index contributed by atoms with van der Waals surface area (Å²) in [5, 5.41) is 0.614. The minimum absolute atomic E-state index is 0.0422. The maximum Gasteiger partial charge on any atom is 0.326 e. The Morgan fingerprint density at radius 2 is 2.24 bits per heavy atom. The van der Waals surface area contributed by atoms with Crippen molar-refractivity contribution in [1.29, 1.82) is 0 Å². The number of benzene rings is 1. The molecule has 0 radical (unpaired) electrons. The van der Waals surface area contributed by atoms with Crippen molar-refractivity contribution in [3.05, 3.63) is 40.4 Å². The fraction of sp³-hybridized carbons (Fsp3) is 0.286. The first-order valence-electron chi connectivity index (χ1n) is 6.68. The van der Waals surface area contributed by atoms with E-state index in [1.807, 2.05) is 31.2 Å². The molecule has 0 saturated carbocycles. The molecule has 0 bridgehead atoms. The number of nitrogens with one attached hydrogen (secondary N) is 1. The lowest BCUT2D eigenvalue weighted by molar-refractivity contribution is 0.679. The molecule has 1 aromatic carbocycles. The topological polar surface area (TPSA) is 76.7 Å². The number of thioether (sulfide) groups is 1. The van der Waals surface area contributed by atoms with Crippen molar-refractivity contribution in [1.82, 2.24) is 14.5 Å². The van der Waals surface area contributed by atoms with Crippen LogP contribution in [0, 0.1) is 6.92 Å². The van der Waals surface area contributed by atoms with Crippen molar-refractivity contribution < 1.29 is 0 Å². The summed E-state index contributed by atoms with van der Waals surface area (Å²) in [4.78, 5) is 19.0. The van der Waals surface area contributed by atoms with E-state index < -0.39 is 0 Å². The standard InChI is InChI=1S/C14H16N4OS2/c1-9-12(21-13(15)16-9)20-8-4-7-18-11-6-3-2-5-10(11)17-14(18)19/h2-3,5-6H,4,7-8H2,1H3,(H2,15,16)(H,17,19). The van der Waals surface area contributed by atoms with E-state index in [1.54, 1.807) is 16.3 Å². The van der Waals surface area contributed by atoms with E-state index in [-0.39, 0.29) is 5.69 Å². The molecule has 0 atom stereocenters. The van der Waals surface area contributed by atoms with Crippen LogP contribution >= 0.6 is 23.1 Å². The van der Waals surface area contributed by atoms with Gasteiger partial charge in [0.15, 0.2) is 5.13 Å². The monoisotopic (exact) mass is 320 g/mol. The number of nitrogens with two attached hydrogens (primary N) is 1. The molecular weight excluding hydrogens is 304 g/mol. The predicted molar refractivity (Wildman–Crippen MR) is 89.2 cm³/mol. The molecule has 3 aromatic rings. The Labute approximate surface area is 130 Å². The van der Waals surface area contributed by atoms with Gasteiger partial charge in [0.25, 0.3) is 0 Å². The lowest BCUT2D eigenvalue weighted by Gasteiger charge is -2.03. The van der Waals surface area contributed by atoms with Gasteiger partial charge in [-0.1, -0.05) is 23.5 Å². The second kappa shape index (κ2) is 5.95. The van der Waals surface area contributed by atoms with Crippen LogP contribution in [-0.2, 0) is 6.54 Å². The SMILES string of the molecule is Cc1nc(N)sc1SCCCn1c(=O)[nH]c2ccccc21. The average Bonchev–Trinajstić information content (AvgIpc) is 2.94. The highest BCUT2D eigenvalue weighted by atomic mass is 32.2. The summed E-state index contributed by atoms with van der Waals surface area (Å²) >= 11 is 3.27. The molecule has 5 nitrogen and oxygen atoms in total. The maximum atomic E-state index is 11.9. The van der Waals surface area contributed by atoms with Crippen molar-refractivity contribution in [2.24, 2.45) is 0 Å². The molecule has 21 heavy (non-hydrogen) atoms. The van der Waals surface area contributed by atoms with Gasteiger partial charge < -0.3 is 10.7 Å². The van der Waals surface area contributed by atoms with Gasteiger partial charge in [-0.05, 0) is 25.5 Å². The quantitative estimate of drug-likeness (QED) is 0.560. The minimum Gasteiger partial charge on any atom is -0.375 e. The number of H-pyrrole nitrogens is 1. The number of nitrogen functional groups attached to an aromatic ring is 1. The second-order valence-electron chi connectivity index (χ2n) is 4.73. The van der Waals surface area contributed by atoms with Gasteiger partial charge in [-0.2, -0.15) is 0 Å². The zero-order valence-electron chi connectivity index (χ0n) is 11.6. The Morgan fingerprint density at radius 1 is 1.43 bits per heavy atom. The van der Waals surface area contributed by atoms with E-state index in [2.05, 4.69) is 9.97 Å². The van der Waals surface area contributed by atoms with Crippen LogP contribution in [0.25, 0.3) is 11.0 Å². The lowest BCUT2D eigenvalue weighted by atomic mass is 10.3. The predicted octanol–water partition coefficient (Wildman–Crippen LogP) is 2.86. The molecule has 110 valence electrons. The normalized spacial score (nSPS) is 11.3. The maximum absolute atomic E-state index is 11.9. The summed E-state index contributed by atoms with van der Waals surface area (Å²) < 4.78 is 2.96. The number of aryl methyl sites for hydroxylation is 2. The van der Waals surface area contributed by atoms with Crippen molar-refractivity contribution >= 4 is 39.3 Å². The Hall–Kier alpha value is -1.73. The highest BCUT2D eigenvalue weighted by molar-refractivity contribution is 8.01. The Kier molecular flexibility index (Phi) is 4.03. The highest BCUT2D eigenvalue weighted by Crippen LogP contribution is 2.30.